The van der Waals surface area contributed by atoms with Crippen LogP contribution in [0.25, 0.3) is 0 Å². The molecule has 1 aromatic carbocycles. The molecule has 25 heavy (non-hydrogen) atoms. The van der Waals surface area contributed by atoms with Crippen LogP contribution in [0.5, 0.6) is 0 Å². The first-order valence-electron chi connectivity index (χ1n) is 7.08. The van der Waals surface area contributed by atoms with Crippen molar-refractivity contribution in [2.45, 2.75) is 10.5 Å². The van der Waals surface area contributed by atoms with Gasteiger partial charge in [-0.1, -0.05) is 12.1 Å². The molecule has 2 N–H and O–H groups in total. The van der Waals surface area contributed by atoms with Crippen molar-refractivity contribution < 1.29 is 26.7 Å². The Morgan fingerprint density at radius 2 is 1.84 bits per heavy atom. The fourth-order valence-electron chi connectivity index (χ4n) is 2.33. The Labute approximate surface area is 146 Å². The third-order valence-corrected chi connectivity index (χ3v) is 6.04. The molecule has 0 bridgehead atoms. The maximum absolute atomic E-state index is 13.8. The topological polar surface area (TPSA) is 79.5 Å². The fourth-order valence-corrected chi connectivity index (χ4v) is 4.36. The van der Waals surface area contributed by atoms with E-state index in [0.29, 0.717) is 4.88 Å². The van der Waals surface area contributed by atoms with Gasteiger partial charge in [0.1, 0.15) is 17.4 Å². The molecular weight excluding hydrogens is 372 g/mol. The first-order chi connectivity index (χ1) is 11.8. The monoisotopic (exact) mass is 385 g/mol. The molecule has 3 aromatic rings. The number of hydrogen-bond donors (Lipinski definition) is 2. The molecule has 1 atom stereocenters. The zero-order valence-electron chi connectivity index (χ0n) is 12.6. The van der Waals surface area contributed by atoms with Crippen LogP contribution in [0.1, 0.15) is 10.6 Å². The summed E-state index contributed by atoms with van der Waals surface area (Å²) in [6, 6.07) is 9.06. The lowest BCUT2D eigenvalue weighted by Gasteiger charge is -2.25. The van der Waals surface area contributed by atoms with Gasteiger partial charge in [0.05, 0.1) is 12.8 Å². The van der Waals surface area contributed by atoms with Crippen molar-refractivity contribution in [1.82, 2.24) is 4.72 Å². The molecular formula is C16H13F2NO4S2. The van der Waals surface area contributed by atoms with Crippen molar-refractivity contribution in [2.75, 3.05) is 6.54 Å². The van der Waals surface area contributed by atoms with Crippen molar-refractivity contribution >= 4 is 21.4 Å². The standard InChI is InChI=1S/C16H13F2NO4S2/c17-11-4-1-5-12(18)15(11)25(21,22)19-10-16(20,13-6-2-8-23-13)14-7-3-9-24-14/h1-9,19-20H,10H2/t16-/m0/s1. The minimum absolute atomic E-state index is 0.103. The lowest BCUT2D eigenvalue weighted by atomic mass is 9.99. The van der Waals surface area contributed by atoms with Gasteiger partial charge in [0.2, 0.25) is 10.0 Å². The summed E-state index contributed by atoms with van der Waals surface area (Å²) in [6.45, 7) is -0.558. The summed E-state index contributed by atoms with van der Waals surface area (Å²) in [6.07, 6.45) is 1.33. The normalized spacial score (nSPS) is 14.4. The zero-order valence-corrected chi connectivity index (χ0v) is 14.3. The minimum Gasteiger partial charge on any atom is -0.466 e. The van der Waals surface area contributed by atoms with Crippen molar-refractivity contribution in [3.8, 4) is 0 Å². The second-order valence-corrected chi connectivity index (χ2v) is 7.84. The second kappa shape index (κ2) is 6.68. The highest BCUT2D eigenvalue weighted by molar-refractivity contribution is 7.89. The number of furan rings is 1. The molecule has 0 saturated heterocycles. The quantitative estimate of drug-likeness (QED) is 0.684. The average Bonchev–Trinajstić information content (AvgIpc) is 3.26. The van der Waals surface area contributed by atoms with Crippen LogP contribution in [0, 0.1) is 11.6 Å². The molecule has 0 amide bonds. The van der Waals surface area contributed by atoms with Gasteiger partial charge in [-0.2, -0.15) is 0 Å². The van der Waals surface area contributed by atoms with Crippen LogP contribution in [0.4, 0.5) is 8.78 Å². The van der Waals surface area contributed by atoms with Crippen LogP contribution in [0.15, 0.2) is 63.4 Å². The van der Waals surface area contributed by atoms with Gasteiger partial charge in [-0.3, -0.25) is 0 Å². The summed E-state index contributed by atoms with van der Waals surface area (Å²) in [5.41, 5.74) is -1.81. The summed E-state index contributed by atoms with van der Waals surface area (Å²) >= 11 is 1.19. The molecule has 3 rings (SSSR count). The Balaban J connectivity index is 1.95. The van der Waals surface area contributed by atoms with Gasteiger partial charge in [-0.05, 0) is 35.7 Å². The van der Waals surface area contributed by atoms with Gasteiger partial charge in [0, 0.05) is 4.88 Å². The number of sulfonamides is 1. The van der Waals surface area contributed by atoms with E-state index >= 15 is 0 Å². The number of benzene rings is 1. The maximum atomic E-state index is 13.8. The zero-order chi connectivity index (χ0) is 18.1. The van der Waals surface area contributed by atoms with Crippen molar-refractivity contribution in [3.05, 3.63) is 76.4 Å². The van der Waals surface area contributed by atoms with E-state index in [-0.39, 0.29) is 5.76 Å². The van der Waals surface area contributed by atoms with E-state index in [1.807, 2.05) is 0 Å². The molecule has 132 valence electrons. The van der Waals surface area contributed by atoms with E-state index in [0.717, 1.165) is 18.2 Å². The lowest BCUT2D eigenvalue weighted by Crippen LogP contribution is -2.41. The van der Waals surface area contributed by atoms with Crippen LogP contribution in [-0.4, -0.2) is 20.1 Å². The molecule has 2 aromatic heterocycles. The Kier molecular flexibility index (Phi) is 4.74. The first-order valence-corrected chi connectivity index (χ1v) is 9.45. The summed E-state index contributed by atoms with van der Waals surface area (Å²) in [4.78, 5) is -0.679. The second-order valence-electron chi connectivity index (χ2n) is 5.19. The van der Waals surface area contributed by atoms with E-state index < -0.39 is 38.7 Å². The number of halogens is 2. The van der Waals surface area contributed by atoms with Crippen LogP contribution in [-0.2, 0) is 15.6 Å². The number of rotatable bonds is 6. The van der Waals surface area contributed by atoms with Crippen molar-refractivity contribution in [2.24, 2.45) is 0 Å². The average molecular weight is 385 g/mol. The van der Waals surface area contributed by atoms with Gasteiger partial charge in [0.25, 0.3) is 0 Å². The lowest BCUT2D eigenvalue weighted by molar-refractivity contribution is 0.0655. The van der Waals surface area contributed by atoms with E-state index in [1.54, 1.807) is 23.6 Å². The molecule has 0 aliphatic carbocycles. The summed E-state index contributed by atoms with van der Waals surface area (Å²) < 4.78 is 59.5. The van der Waals surface area contributed by atoms with Crippen LogP contribution in [0.2, 0.25) is 0 Å². The highest BCUT2D eigenvalue weighted by Crippen LogP contribution is 2.33. The van der Waals surface area contributed by atoms with Gasteiger partial charge < -0.3 is 9.52 Å². The predicted molar refractivity (Wildman–Crippen MR) is 87.6 cm³/mol. The molecule has 0 saturated carbocycles. The third kappa shape index (κ3) is 3.36. The Morgan fingerprint density at radius 1 is 1.12 bits per heavy atom. The summed E-state index contributed by atoms with van der Waals surface area (Å²) in [5.74, 6) is -2.33. The Morgan fingerprint density at radius 3 is 2.40 bits per heavy atom. The van der Waals surface area contributed by atoms with Crippen LogP contribution >= 0.6 is 11.3 Å². The predicted octanol–water partition coefficient (Wildman–Crippen LogP) is 2.83. The maximum Gasteiger partial charge on any atom is 0.246 e. The van der Waals surface area contributed by atoms with E-state index in [9.17, 15) is 22.3 Å². The van der Waals surface area contributed by atoms with E-state index in [4.69, 9.17) is 4.42 Å². The molecule has 0 unspecified atom stereocenters. The highest BCUT2D eigenvalue weighted by atomic mass is 32.2. The third-order valence-electron chi connectivity index (χ3n) is 3.56. The van der Waals surface area contributed by atoms with Gasteiger partial charge >= 0.3 is 0 Å². The van der Waals surface area contributed by atoms with Crippen molar-refractivity contribution in [3.63, 3.8) is 0 Å². The van der Waals surface area contributed by atoms with Crippen LogP contribution in [0.3, 0.4) is 0 Å². The molecule has 0 radical (unpaired) electrons. The molecule has 0 aliphatic heterocycles. The van der Waals surface area contributed by atoms with Gasteiger partial charge in [-0.25, -0.2) is 21.9 Å². The molecule has 0 aliphatic rings. The van der Waals surface area contributed by atoms with E-state index in [1.165, 1.54) is 23.7 Å². The molecule has 0 spiro atoms. The Bertz CT molecular complexity index is 900. The largest absolute Gasteiger partial charge is 0.466 e. The first kappa shape index (κ1) is 17.7. The molecule has 5 nitrogen and oxygen atoms in total. The summed E-state index contributed by atoms with van der Waals surface area (Å²) in [7, 11) is -4.53. The fraction of sp³-hybridized carbons (Fsp3) is 0.125. The number of thiophene rings is 1. The number of nitrogens with one attached hydrogen (secondary N) is 1. The SMILES string of the molecule is O=S(=O)(NC[C@](O)(c1ccco1)c1cccs1)c1c(F)cccc1F. The molecule has 2 heterocycles. The molecule has 0 fully saturated rings. The number of hydrogen-bond acceptors (Lipinski definition) is 5. The molecule has 9 heteroatoms. The smallest absolute Gasteiger partial charge is 0.246 e. The van der Waals surface area contributed by atoms with Crippen LogP contribution < -0.4 is 4.72 Å². The van der Waals surface area contributed by atoms with Gasteiger partial charge in [-0.15, -0.1) is 11.3 Å². The Hall–Kier alpha value is -2.07. The minimum atomic E-state index is -4.53. The number of aliphatic hydroxyl groups is 1. The van der Waals surface area contributed by atoms with E-state index in [2.05, 4.69) is 4.72 Å². The van der Waals surface area contributed by atoms with Gasteiger partial charge in [0.15, 0.2) is 10.5 Å². The van der Waals surface area contributed by atoms with Crippen molar-refractivity contribution in [1.29, 1.82) is 0 Å². The summed E-state index contributed by atoms with van der Waals surface area (Å²) in [5, 5.41) is 12.7. The highest BCUT2D eigenvalue weighted by Gasteiger charge is 2.38.